The number of hydrogen-bond donors (Lipinski definition) is 1. The smallest absolute Gasteiger partial charge is 0.340 e. The second-order valence-electron chi connectivity index (χ2n) is 6.92. The fraction of sp³-hybridized carbons (Fsp3) is 0.130. The fourth-order valence-electron chi connectivity index (χ4n) is 3.16. The van der Waals surface area contributed by atoms with Crippen LogP contribution in [0.1, 0.15) is 26.6 Å². The SMILES string of the molecule is COc1cc(NC(=O)c2ccco2)c(C(=O)OCc2cc(=O)n3cc(Br)ccc3n2)cc1OC. The Morgan fingerprint density at radius 3 is 2.59 bits per heavy atom. The van der Waals surface area contributed by atoms with E-state index >= 15 is 0 Å². The van der Waals surface area contributed by atoms with Crippen molar-refractivity contribution in [2.45, 2.75) is 6.61 Å². The molecule has 0 radical (unpaired) electrons. The molecular formula is C23H18BrN3O7. The summed E-state index contributed by atoms with van der Waals surface area (Å²) in [5, 5.41) is 2.61. The molecule has 0 aliphatic rings. The van der Waals surface area contributed by atoms with Gasteiger partial charge in [-0.15, -0.1) is 0 Å². The first-order valence-electron chi connectivity index (χ1n) is 9.85. The minimum atomic E-state index is -0.770. The van der Waals surface area contributed by atoms with Crippen LogP contribution in [0, 0.1) is 0 Å². The molecule has 1 N–H and O–H groups in total. The Bertz CT molecular complexity index is 1430. The minimum Gasteiger partial charge on any atom is -0.493 e. The molecule has 0 bridgehead atoms. The molecule has 0 saturated carbocycles. The predicted octanol–water partition coefficient (Wildman–Crippen LogP) is 3.68. The second kappa shape index (κ2) is 9.79. The summed E-state index contributed by atoms with van der Waals surface area (Å²) >= 11 is 3.31. The molecule has 0 atom stereocenters. The van der Waals surface area contributed by atoms with Gasteiger partial charge in [-0.25, -0.2) is 9.78 Å². The van der Waals surface area contributed by atoms with Crippen molar-refractivity contribution in [3.05, 3.63) is 86.8 Å². The van der Waals surface area contributed by atoms with Crippen LogP contribution in [0.5, 0.6) is 11.5 Å². The van der Waals surface area contributed by atoms with Crippen LogP contribution in [0.4, 0.5) is 5.69 Å². The van der Waals surface area contributed by atoms with Crippen molar-refractivity contribution in [2.24, 2.45) is 0 Å². The predicted molar refractivity (Wildman–Crippen MR) is 124 cm³/mol. The number of benzene rings is 1. The molecule has 1 aromatic carbocycles. The number of halogens is 1. The van der Waals surface area contributed by atoms with E-state index in [0.29, 0.717) is 11.4 Å². The highest BCUT2D eigenvalue weighted by molar-refractivity contribution is 9.10. The van der Waals surface area contributed by atoms with E-state index in [9.17, 15) is 14.4 Å². The Hall–Kier alpha value is -4.12. The first-order valence-corrected chi connectivity index (χ1v) is 10.6. The summed E-state index contributed by atoms with van der Waals surface area (Å²) in [7, 11) is 2.84. The number of aromatic nitrogens is 2. The largest absolute Gasteiger partial charge is 0.493 e. The lowest BCUT2D eigenvalue weighted by Crippen LogP contribution is -2.18. The van der Waals surface area contributed by atoms with Crippen LogP contribution >= 0.6 is 15.9 Å². The van der Waals surface area contributed by atoms with Gasteiger partial charge in [0.25, 0.3) is 11.5 Å². The van der Waals surface area contributed by atoms with E-state index in [-0.39, 0.29) is 40.6 Å². The van der Waals surface area contributed by atoms with E-state index in [0.717, 1.165) is 4.47 Å². The molecule has 34 heavy (non-hydrogen) atoms. The molecule has 3 aromatic heterocycles. The maximum atomic E-state index is 13.0. The Morgan fingerprint density at radius 2 is 1.88 bits per heavy atom. The Labute approximate surface area is 201 Å². The van der Waals surface area contributed by atoms with Crippen molar-refractivity contribution in [1.29, 1.82) is 0 Å². The summed E-state index contributed by atoms with van der Waals surface area (Å²) in [6.07, 6.45) is 2.95. The minimum absolute atomic E-state index is 0.0130. The van der Waals surface area contributed by atoms with Gasteiger partial charge >= 0.3 is 5.97 Å². The molecule has 0 fully saturated rings. The van der Waals surface area contributed by atoms with Crippen molar-refractivity contribution in [2.75, 3.05) is 19.5 Å². The summed E-state index contributed by atoms with van der Waals surface area (Å²) in [5.41, 5.74) is 0.482. The number of ether oxygens (including phenoxy) is 3. The second-order valence-corrected chi connectivity index (χ2v) is 7.84. The molecule has 174 valence electrons. The summed E-state index contributed by atoms with van der Waals surface area (Å²) in [5.74, 6) is -0.723. The van der Waals surface area contributed by atoms with Crippen LogP contribution < -0.4 is 20.3 Å². The lowest BCUT2D eigenvalue weighted by molar-refractivity contribution is 0.0468. The molecule has 0 aliphatic heterocycles. The number of fused-ring (bicyclic) bond motifs is 1. The van der Waals surface area contributed by atoms with Gasteiger partial charge in [0.05, 0.1) is 37.4 Å². The van der Waals surface area contributed by atoms with Gasteiger partial charge in [-0.05, 0) is 40.2 Å². The number of methoxy groups -OCH3 is 2. The average Bonchev–Trinajstić information content (AvgIpc) is 3.38. The number of rotatable bonds is 7. The molecule has 3 heterocycles. The van der Waals surface area contributed by atoms with Crippen LogP contribution in [0.15, 0.2) is 68.6 Å². The number of hydrogen-bond acceptors (Lipinski definition) is 8. The summed E-state index contributed by atoms with van der Waals surface area (Å²) < 4.78 is 23.1. The molecule has 0 spiro atoms. The number of furan rings is 1. The quantitative estimate of drug-likeness (QED) is 0.361. The molecule has 4 rings (SSSR count). The molecule has 11 heteroatoms. The first kappa shape index (κ1) is 23.1. The third-order valence-corrected chi connectivity index (χ3v) is 5.23. The van der Waals surface area contributed by atoms with Gasteiger partial charge in [-0.1, -0.05) is 0 Å². The summed E-state index contributed by atoms with van der Waals surface area (Å²) in [6.45, 7) is -0.263. The zero-order valence-electron chi connectivity index (χ0n) is 18.0. The van der Waals surface area contributed by atoms with E-state index in [1.54, 1.807) is 24.4 Å². The first-order chi connectivity index (χ1) is 16.4. The number of carbonyl (C=O) groups is 2. The van der Waals surface area contributed by atoms with Gasteiger partial charge in [0.15, 0.2) is 17.3 Å². The van der Waals surface area contributed by atoms with E-state index in [1.807, 2.05) is 0 Å². The van der Waals surface area contributed by atoms with Crippen molar-refractivity contribution >= 4 is 39.1 Å². The van der Waals surface area contributed by atoms with Crippen molar-refractivity contribution in [3.63, 3.8) is 0 Å². The molecular weight excluding hydrogens is 510 g/mol. The normalized spacial score (nSPS) is 10.7. The molecule has 0 aliphatic carbocycles. The zero-order valence-corrected chi connectivity index (χ0v) is 19.6. The number of esters is 1. The fourth-order valence-corrected chi connectivity index (χ4v) is 3.50. The van der Waals surface area contributed by atoms with Crippen LogP contribution in [0.2, 0.25) is 0 Å². The Morgan fingerprint density at radius 1 is 1.12 bits per heavy atom. The lowest BCUT2D eigenvalue weighted by Gasteiger charge is -2.15. The monoisotopic (exact) mass is 527 g/mol. The standard InChI is InChI=1S/C23H18BrN3O7/c1-31-18-9-15(16(10-19(18)32-2)26-22(29)17-4-3-7-33-17)23(30)34-12-14-8-21(28)27-11-13(24)5-6-20(27)25-14/h3-11H,12H2,1-2H3,(H,26,29). The van der Waals surface area contributed by atoms with Gasteiger partial charge in [-0.2, -0.15) is 0 Å². The number of nitrogens with one attached hydrogen (secondary N) is 1. The van der Waals surface area contributed by atoms with Gasteiger partial charge in [-0.3, -0.25) is 14.0 Å². The van der Waals surface area contributed by atoms with E-state index in [4.69, 9.17) is 18.6 Å². The average molecular weight is 528 g/mol. The van der Waals surface area contributed by atoms with Crippen LogP contribution in [-0.2, 0) is 11.3 Å². The van der Waals surface area contributed by atoms with Crippen LogP contribution in [0.3, 0.4) is 0 Å². The van der Waals surface area contributed by atoms with Crippen molar-refractivity contribution in [1.82, 2.24) is 9.38 Å². The molecule has 1 amide bonds. The summed E-state index contributed by atoms with van der Waals surface area (Å²) in [4.78, 5) is 42.2. The Kier molecular flexibility index (Phi) is 6.64. The van der Waals surface area contributed by atoms with E-state index < -0.39 is 11.9 Å². The van der Waals surface area contributed by atoms with Crippen LogP contribution in [0.25, 0.3) is 5.65 Å². The van der Waals surface area contributed by atoms with Gasteiger partial charge < -0.3 is 23.9 Å². The summed E-state index contributed by atoms with van der Waals surface area (Å²) in [6, 6.07) is 10.6. The highest BCUT2D eigenvalue weighted by Gasteiger charge is 2.21. The number of nitrogens with zero attached hydrogens (tertiary/aromatic N) is 2. The third-order valence-electron chi connectivity index (χ3n) is 4.76. The maximum absolute atomic E-state index is 13.0. The molecule has 0 saturated heterocycles. The molecule has 10 nitrogen and oxygen atoms in total. The van der Waals surface area contributed by atoms with E-state index in [2.05, 4.69) is 26.2 Å². The molecule has 0 unspecified atom stereocenters. The Balaban J connectivity index is 1.61. The number of anilines is 1. The van der Waals surface area contributed by atoms with E-state index in [1.165, 1.54) is 49.1 Å². The van der Waals surface area contributed by atoms with Gasteiger partial charge in [0.1, 0.15) is 12.3 Å². The third kappa shape index (κ3) is 4.79. The maximum Gasteiger partial charge on any atom is 0.340 e. The number of pyridine rings is 1. The molecule has 4 aromatic rings. The van der Waals surface area contributed by atoms with Gasteiger partial charge in [0, 0.05) is 28.9 Å². The topological polar surface area (TPSA) is 121 Å². The number of amides is 1. The van der Waals surface area contributed by atoms with Crippen molar-refractivity contribution in [3.8, 4) is 11.5 Å². The van der Waals surface area contributed by atoms with Crippen LogP contribution in [-0.4, -0.2) is 35.5 Å². The zero-order chi connectivity index (χ0) is 24.2. The highest BCUT2D eigenvalue weighted by Crippen LogP contribution is 2.34. The van der Waals surface area contributed by atoms with Crippen molar-refractivity contribution < 1.29 is 28.2 Å². The van der Waals surface area contributed by atoms with Gasteiger partial charge in [0.2, 0.25) is 0 Å². The lowest BCUT2D eigenvalue weighted by atomic mass is 10.1. The number of carbonyl (C=O) groups excluding carboxylic acids is 2. The highest BCUT2D eigenvalue weighted by atomic mass is 79.9.